The summed E-state index contributed by atoms with van der Waals surface area (Å²) in [7, 11) is -3.87. The predicted octanol–water partition coefficient (Wildman–Crippen LogP) is 2.07. The third-order valence-electron chi connectivity index (χ3n) is 7.28. The Balaban J connectivity index is 1.42. The van der Waals surface area contributed by atoms with Crippen LogP contribution in [0.1, 0.15) is 36.8 Å². The number of aryl methyl sites for hydroxylation is 1. The van der Waals surface area contributed by atoms with Crippen molar-refractivity contribution in [3.05, 3.63) is 41.2 Å². The molecule has 3 heterocycles. The van der Waals surface area contributed by atoms with Crippen molar-refractivity contribution in [2.24, 2.45) is 5.41 Å². The summed E-state index contributed by atoms with van der Waals surface area (Å²) in [5, 5.41) is 9.37. The molecule has 1 atom stereocenters. The fourth-order valence-corrected chi connectivity index (χ4v) is 7.04. The molecule has 3 aliphatic rings. The average Bonchev–Trinajstić information content (AvgIpc) is 3.37. The monoisotopic (exact) mass is 525 g/mol. The van der Waals surface area contributed by atoms with Crippen LogP contribution in [-0.2, 0) is 24.3 Å². The van der Waals surface area contributed by atoms with E-state index in [1.54, 1.807) is 11.5 Å². The first-order valence-electron chi connectivity index (χ1n) is 12.0. The fourth-order valence-electron chi connectivity index (χ4n) is 5.07. The summed E-state index contributed by atoms with van der Waals surface area (Å²) in [5.41, 5.74) is 2.86. The van der Waals surface area contributed by atoms with Crippen LogP contribution in [0.3, 0.4) is 0 Å². The van der Waals surface area contributed by atoms with Crippen molar-refractivity contribution in [3.63, 3.8) is 0 Å². The molecular weight excluding hydrogens is 493 g/mol. The molecule has 1 aromatic rings. The Morgan fingerprint density at radius 3 is 2.61 bits per heavy atom. The van der Waals surface area contributed by atoms with Gasteiger partial charge in [0.05, 0.1) is 24.4 Å². The predicted molar refractivity (Wildman–Crippen MR) is 128 cm³/mol. The molecule has 0 saturated carbocycles. The van der Waals surface area contributed by atoms with Gasteiger partial charge in [0.1, 0.15) is 11.9 Å². The topological polar surface area (TPSA) is 125 Å². The second-order valence-electron chi connectivity index (χ2n) is 9.63. The minimum Gasteiger partial charge on any atom is -0.444 e. The number of nitrogens with one attached hydrogen (secondary N) is 1. The Labute approximate surface area is 210 Å². The quantitative estimate of drug-likeness (QED) is 0.430. The van der Waals surface area contributed by atoms with Crippen LogP contribution in [0.15, 0.2) is 24.3 Å². The van der Waals surface area contributed by atoms with Gasteiger partial charge in [0.2, 0.25) is 10.0 Å². The lowest BCUT2D eigenvalue weighted by molar-refractivity contribution is -0.141. The molecule has 2 N–H and O–H groups in total. The normalized spacial score (nSPS) is 22.7. The Morgan fingerprint density at radius 2 is 2.03 bits per heavy atom. The largest absolute Gasteiger partial charge is 0.444 e. The van der Waals surface area contributed by atoms with E-state index in [4.69, 9.17) is 9.47 Å². The van der Waals surface area contributed by atoms with Crippen molar-refractivity contribution < 1.29 is 37.1 Å². The van der Waals surface area contributed by atoms with Crippen molar-refractivity contribution in [1.29, 1.82) is 0 Å². The van der Waals surface area contributed by atoms with Crippen molar-refractivity contribution >= 4 is 27.6 Å². The van der Waals surface area contributed by atoms with E-state index in [0.717, 1.165) is 16.7 Å². The number of carbonyl (C=O) groups excluding carboxylic acids is 2. The first kappa shape index (κ1) is 26.5. The Hall–Kier alpha value is -2.54. The fraction of sp³-hybridized carbons (Fsp3) is 0.583. The van der Waals surface area contributed by atoms with Gasteiger partial charge in [-0.1, -0.05) is 12.1 Å². The van der Waals surface area contributed by atoms with E-state index in [-0.39, 0.29) is 50.9 Å². The highest BCUT2D eigenvalue weighted by Crippen LogP contribution is 2.36. The number of ether oxygens (including phenoxy) is 2. The van der Waals surface area contributed by atoms with Crippen LogP contribution in [-0.4, -0.2) is 86.1 Å². The number of halogens is 1. The first-order valence-corrected chi connectivity index (χ1v) is 13.7. The van der Waals surface area contributed by atoms with E-state index in [9.17, 15) is 27.6 Å². The highest BCUT2D eigenvalue weighted by atomic mass is 32.2. The summed E-state index contributed by atoms with van der Waals surface area (Å²) in [6, 6.07) is 4.52. The Kier molecular flexibility index (Phi) is 7.98. The molecule has 36 heavy (non-hydrogen) atoms. The van der Waals surface area contributed by atoms with Gasteiger partial charge in [0, 0.05) is 32.6 Å². The number of likely N-dealkylation sites (tertiary alicyclic amines) is 1. The van der Waals surface area contributed by atoms with Gasteiger partial charge in [0.25, 0.3) is 5.91 Å². The number of hydrogen-bond acceptors (Lipinski definition) is 7. The van der Waals surface area contributed by atoms with Crippen molar-refractivity contribution in [3.8, 4) is 0 Å². The molecule has 3 aliphatic heterocycles. The molecular formula is C24H32FN3O7S. The summed E-state index contributed by atoms with van der Waals surface area (Å²) in [6.07, 6.45) is 2.21. The zero-order valence-electron chi connectivity index (χ0n) is 20.2. The molecule has 0 unspecified atom stereocenters. The summed E-state index contributed by atoms with van der Waals surface area (Å²) in [5.74, 6) is -1.58. The highest BCUT2D eigenvalue weighted by Gasteiger charge is 2.47. The lowest BCUT2D eigenvalue weighted by Crippen LogP contribution is -2.54. The average molecular weight is 526 g/mol. The molecule has 2 amide bonds. The van der Waals surface area contributed by atoms with Gasteiger partial charge in [-0.05, 0) is 55.0 Å². The standard InChI is InChI=1S/C24H32FN3O7S/c1-17-14-19(25)2-3-21(17)18-4-9-28(10-5-18)36(32,33)16-24(22(29)26-31)7-11-27(12-8-24)23(30)35-20-6-13-34-15-20/h2-4,14,20,31H,5-13,15-16H2,1H3,(H,26,29)/t20-/m0/s1. The molecule has 198 valence electrons. The van der Waals surface area contributed by atoms with E-state index in [1.165, 1.54) is 21.3 Å². The SMILES string of the molecule is Cc1cc(F)ccc1C1=CCN(S(=O)(=O)CC2(C(=O)NO)CCN(C(=O)O[C@H]3CCOC3)CC2)CC1. The smallest absolute Gasteiger partial charge is 0.410 e. The zero-order chi connectivity index (χ0) is 25.9. The Bertz CT molecular complexity index is 1130. The van der Waals surface area contributed by atoms with Crippen LogP contribution in [0.2, 0.25) is 0 Å². The van der Waals surface area contributed by atoms with Crippen molar-refractivity contribution in [2.75, 3.05) is 45.1 Å². The molecule has 4 rings (SSSR count). The van der Waals surface area contributed by atoms with Crippen molar-refractivity contribution in [1.82, 2.24) is 14.7 Å². The van der Waals surface area contributed by atoms with Crippen LogP contribution in [0.5, 0.6) is 0 Å². The lowest BCUT2D eigenvalue weighted by atomic mass is 9.79. The third kappa shape index (κ3) is 5.72. The number of hydroxylamine groups is 1. The zero-order valence-corrected chi connectivity index (χ0v) is 21.1. The number of piperidine rings is 1. The number of sulfonamides is 1. The van der Waals surface area contributed by atoms with E-state index in [1.807, 2.05) is 13.0 Å². The van der Waals surface area contributed by atoms with E-state index in [2.05, 4.69) is 0 Å². The molecule has 2 saturated heterocycles. The van der Waals surface area contributed by atoms with Gasteiger partial charge in [-0.25, -0.2) is 23.1 Å². The van der Waals surface area contributed by atoms with Gasteiger partial charge in [-0.3, -0.25) is 10.0 Å². The minimum absolute atomic E-state index is 0.0680. The van der Waals surface area contributed by atoms with Crippen molar-refractivity contribution in [2.45, 2.75) is 38.7 Å². The second-order valence-corrected chi connectivity index (χ2v) is 11.6. The number of benzene rings is 1. The van der Waals surface area contributed by atoms with Crippen LogP contribution >= 0.6 is 0 Å². The second kappa shape index (κ2) is 10.8. The number of nitrogens with zero attached hydrogens (tertiary/aromatic N) is 2. The molecule has 12 heteroatoms. The van der Waals surface area contributed by atoms with E-state index >= 15 is 0 Å². The van der Waals surface area contributed by atoms with E-state index in [0.29, 0.717) is 26.1 Å². The molecule has 0 radical (unpaired) electrons. The molecule has 0 aliphatic carbocycles. The lowest BCUT2D eigenvalue weighted by Gasteiger charge is -2.40. The maximum Gasteiger partial charge on any atom is 0.410 e. The molecule has 1 aromatic carbocycles. The van der Waals surface area contributed by atoms with Gasteiger partial charge < -0.3 is 14.4 Å². The maximum absolute atomic E-state index is 13.5. The Morgan fingerprint density at radius 1 is 1.28 bits per heavy atom. The van der Waals surface area contributed by atoms with Crippen LogP contribution in [0, 0.1) is 18.2 Å². The molecule has 2 fully saturated rings. The molecule has 0 aromatic heterocycles. The summed E-state index contributed by atoms with van der Waals surface area (Å²) >= 11 is 0. The highest BCUT2D eigenvalue weighted by molar-refractivity contribution is 7.89. The van der Waals surface area contributed by atoms with Crippen LogP contribution in [0.25, 0.3) is 5.57 Å². The summed E-state index contributed by atoms with van der Waals surface area (Å²) in [6.45, 7) is 3.31. The summed E-state index contributed by atoms with van der Waals surface area (Å²) in [4.78, 5) is 26.6. The van der Waals surface area contributed by atoms with Gasteiger partial charge in [-0.2, -0.15) is 4.31 Å². The van der Waals surface area contributed by atoms with E-state index < -0.39 is 33.2 Å². The van der Waals surface area contributed by atoms with Crippen LogP contribution in [0.4, 0.5) is 9.18 Å². The number of rotatable bonds is 6. The third-order valence-corrected chi connectivity index (χ3v) is 9.31. The van der Waals surface area contributed by atoms with Gasteiger partial charge in [0.15, 0.2) is 0 Å². The number of carbonyl (C=O) groups is 2. The first-order chi connectivity index (χ1) is 17.1. The maximum atomic E-state index is 13.5. The molecule has 0 spiro atoms. The minimum atomic E-state index is -3.87. The van der Waals surface area contributed by atoms with Gasteiger partial charge >= 0.3 is 6.09 Å². The van der Waals surface area contributed by atoms with Gasteiger partial charge in [-0.15, -0.1) is 0 Å². The number of hydrogen-bond donors (Lipinski definition) is 2. The number of amides is 2. The summed E-state index contributed by atoms with van der Waals surface area (Å²) < 4.78 is 52.1. The van der Waals surface area contributed by atoms with Crippen LogP contribution < -0.4 is 5.48 Å². The molecule has 10 nitrogen and oxygen atoms in total. The molecule has 0 bridgehead atoms.